The third-order valence-corrected chi connectivity index (χ3v) is 13.5. The number of rotatable bonds is 10. The van der Waals surface area contributed by atoms with Gasteiger partial charge in [-0.1, -0.05) is 47.3 Å². The van der Waals surface area contributed by atoms with Crippen LogP contribution < -0.4 is 5.73 Å². The lowest BCUT2D eigenvalue weighted by Crippen LogP contribution is -2.56. The maximum atomic E-state index is 14.0. The summed E-state index contributed by atoms with van der Waals surface area (Å²) in [6.07, 6.45) is 8.12. The predicted molar refractivity (Wildman–Crippen MR) is 166 cm³/mol. The normalized spacial score (nSPS) is 41.2. The van der Waals surface area contributed by atoms with Crippen LogP contribution in [0.5, 0.6) is 0 Å². The number of esters is 3. The van der Waals surface area contributed by atoms with E-state index in [4.69, 9.17) is 19.9 Å². The van der Waals surface area contributed by atoms with Crippen molar-refractivity contribution >= 4 is 29.5 Å². The molecule has 0 bridgehead atoms. The maximum Gasteiger partial charge on any atom is 0.319 e. The maximum absolute atomic E-state index is 14.0. The van der Waals surface area contributed by atoms with Crippen LogP contribution in [-0.2, 0) is 38.2 Å². The van der Waals surface area contributed by atoms with E-state index < -0.39 is 41.8 Å². The van der Waals surface area contributed by atoms with Crippen LogP contribution in [0.3, 0.4) is 0 Å². The quantitative estimate of drug-likeness (QED) is 0.207. The van der Waals surface area contributed by atoms with Crippen molar-refractivity contribution in [3.05, 3.63) is 24.3 Å². The topological polar surface area (TPSA) is 139 Å². The van der Waals surface area contributed by atoms with Gasteiger partial charge in [-0.05, 0) is 83.7 Å². The summed E-state index contributed by atoms with van der Waals surface area (Å²) in [6, 6.07) is 0. The van der Waals surface area contributed by atoms with Crippen molar-refractivity contribution in [2.75, 3.05) is 13.2 Å². The molecule has 2 spiro atoms. The average molecular weight is 626 g/mol. The van der Waals surface area contributed by atoms with Crippen molar-refractivity contribution in [1.82, 2.24) is 0 Å². The summed E-state index contributed by atoms with van der Waals surface area (Å²) in [5, 5.41) is 0. The van der Waals surface area contributed by atoms with Crippen LogP contribution in [0.4, 0.5) is 0 Å². The van der Waals surface area contributed by atoms with E-state index in [1.165, 1.54) is 13.8 Å². The van der Waals surface area contributed by atoms with E-state index in [-0.39, 0.29) is 64.0 Å². The van der Waals surface area contributed by atoms with E-state index in [1.807, 2.05) is 13.0 Å². The number of Topliss-reactive ketones (excluding diaryl/α,β-unsaturated/α-hetero) is 1. The Morgan fingerprint density at radius 1 is 1.07 bits per heavy atom. The molecule has 0 aromatic carbocycles. The molecule has 248 valence electrons. The van der Waals surface area contributed by atoms with E-state index in [1.54, 1.807) is 6.92 Å². The summed E-state index contributed by atoms with van der Waals surface area (Å²) < 4.78 is 17.0. The molecular weight excluding hydrogens is 574 g/mol. The Morgan fingerprint density at radius 2 is 1.76 bits per heavy atom. The first-order chi connectivity index (χ1) is 21.0. The Hall–Kier alpha value is -2.81. The van der Waals surface area contributed by atoms with E-state index in [0.717, 1.165) is 32.1 Å². The van der Waals surface area contributed by atoms with Crippen LogP contribution in [0.25, 0.3) is 0 Å². The molecule has 0 heterocycles. The van der Waals surface area contributed by atoms with Gasteiger partial charge in [0, 0.05) is 37.5 Å². The lowest BCUT2D eigenvalue weighted by Gasteiger charge is -2.61. The van der Waals surface area contributed by atoms with Gasteiger partial charge in [-0.3, -0.25) is 24.0 Å². The number of ether oxygens (including phenoxy) is 3. The Bertz CT molecular complexity index is 1340. The first-order valence-corrected chi connectivity index (χ1v) is 16.7. The Labute approximate surface area is 267 Å². The molecule has 45 heavy (non-hydrogen) atoms. The molecule has 0 saturated heterocycles. The van der Waals surface area contributed by atoms with Gasteiger partial charge < -0.3 is 19.9 Å². The van der Waals surface area contributed by atoms with Crippen LogP contribution in [-0.4, -0.2) is 54.8 Å². The SMILES string of the molecule is C=C(C(=O)[C@H](OC(C)=O)[C@@H](C)[C@H]1[C@@H](OC(C)=O)C[C@@]2(C)[C@@H]3CCC4[C@H](C)C(=O)C=C[C@@]45C[C@@]35CC[C@]12C)[C@@H](C)COC(=O)CN. The number of hydrogen-bond acceptors (Lipinski definition) is 9. The summed E-state index contributed by atoms with van der Waals surface area (Å²) in [5.74, 6) is -2.22. The molecule has 9 heteroatoms. The lowest BCUT2D eigenvalue weighted by molar-refractivity contribution is -0.166. The molecule has 5 rings (SSSR count). The molecule has 0 aliphatic heterocycles. The van der Waals surface area contributed by atoms with Crippen molar-refractivity contribution in [2.24, 2.45) is 62.9 Å². The van der Waals surface area contributed by atoms with Crippen LogP contribution in [0.15, 0.2) is 24.3 Å². The van der Waals surface area contributed by atoms with Crippen molar-refractivity contribution in [2.45, 2.75) is 99.2 Å². The number of fused-ring (bicyclic) bond motifs is 2. The van der Waals surface area contributed by atoms with Gasteiger partial charge in [0.1, 0.15) is 6.10 Å². The number of carbonyl (C=O) groups excluding carboxylic acids is 5. The molecule has 0 aromatic heterocycles. The third kappa shape index (κ3) is 4.94. The smallest absolute Gasteiger partial charge is 0.319 e. The zero-order valence-electron chi connectivity index (χ0n) is 28.0. The molecule has 0 radical (unpaired) electrons. The second kappa shape index (κ2) is 11.5. The van der Waals surface area contributed by atoms with E-state index in [9.17, 15) is 24.0 Å². The van der Waals surface area contributed by atoms with Crippen molar-refractivity contribution in [3.8, 4) is 0 Å². The molecule has 4 saturated carbocycles. The number of allylic oxidation sites excluding steroid dienone is 2. The van der Waals surface area contributed by atoms with Crippen molar-refractivity contribution in [1.29, 1.82) is 0 Å². The second-order valence-corrected chi connectivity index (χ2v) is 15.4. The fraction of sp³-hybridized carbons (Fsp3) is 0.750. The molecule has 12 atom stereocenters. The van der Waals surface area contributed by atoms with Crippen molar-refractivity contribution < 1.29 is 38.2 Å². The zero-order valence-corrected chi connectivity index (χ0v) is 28.0. The summed E-state index contributed by atoms with van der Waals surface area (Å²) in [4.78, 5) is 63.3. The Kier molecular flexibility index (Phi) is 8.55. The Balaban J connectivity index is 1.48. The van der Waals surface area contributed by atoms with Gasteiger partial charge in [0.15, 0.2) is 17.7 Å². The molecule has 0 amide bonds. The van der Waals surface area contributed by atoms with Crippen molar-refractivity contribution in [3.63, 3.8) is 0 Å². The number of nitrogens with two attached hydrogens (primary N) is 1. The van der Waals surface area contributed by atoms with Gasteiger partial charge in [-0.25, -0.2) is 0 Å². The first-order valence-electron chi connectivity index (χ1n) is 16.7. The molecule has 5 aliphatic carbocycles. The average Bonchev–Trinajstić information content (AvgIpc) is 3.59. The molecule has 0 aromatic rings. The molecular formula is C36H51NO8. The summed E-state index contributed by atoms with van der Waals surface area (Å²) >= 11 is 0. The largest absolute Gasteiger partial charge is 0.464 e. The minimum atomic E-state index is -1.14. The minimum Gasteiger partial charge on any atom is -0.464 e. The highest BCUT2D eigenvalue weighted by Crippen LogP contribution is 2.87. The second-order valence-electron chi connectivity index (χ2n) is 15.4. The molecule has 5 aliphatic rings. The molecule has 4 fully saturated rings. The molecule has 9 nitrogen and oxygen atoms in total. The van der Waals surface area contributed by atoms with E-state index in [2.05, 4.69) is 33.4 Å². The highest BCUT2D eigenvalue weighted by atomic mass is 16.6. The zero-order chi connectivity index (χ0) is 33.3. The van der Waals surface area contributed by atoms with Crippen LogP contribution in [0.1, 0.15) is 87.0 Å². The summed E-state index contributed by atoms with van der Waals surface area (Å²) in [5.41, 5.74) is 5.19. The van der Waals surface area contributed by atoms with Gasteiger partial charge in [-0.2, -0.15) is 0 Å². The number of hydrogen-bond donors (Lipinski definition) is 1. The lowest BCUT2D eigenvalue weighted by atomic mass is 9.43. The van der Waals surface area contributed by atoms with Gasteiger partial charge in [0.05, 0.1) is 13.2 Å². The van der Waals surface area contributed by atoms with Gasteiger partial charge in [-0.15, -0.1) is 0 Å². The van der Waals surface area contributed by atoms with Crippen LogP contribution in [0, 0.1) is 57.2 Å². The summed E-state index contributed by atoms with van der Waals surface area (Å²) in [6.45, 7) is 16.8. The van der Waals surface area contributed by atoms with E-state index in [0.29, 0.717) is 18.3 Å². The third-order valence-electron chi connectivity index (χ3n) is 13.5. The minimum absolute atomic E-state index is 0.0337. The van der Waals surface area contributed by atoms with Gasteiger partial charge in [0.25, 0.3) is 0 Å². The molecule has 2 N–H and O–H groups in total. The monoisotopic (exact) mass is 625 g/mol. The number of ketones is 2. The molecule has 1 unspecified atom stereocenters. The fourth-order valence-corrected chi connectivity index (χ4v) is 11.2. The van der Waals surface area contributed by atoms with E-state index >= 15 is 0 Å². The fourth-order valence-electron chi connectivity index (χ4n) is 11.2. The highest BCUT2D eigenvalue weighted by Gasteiger charge is 2.81. The summed E-state index contributed by atoms with van der Waals surface area (Å²) in [7, 11) is 0. The Morgan fingerprint density at radius 3 is 2.38 bits per heavy atom. The standard InChI is InChI=1S/C36H51NO8/c1-19(17-43-29(41)16-37)20(2)31(42)32(45-24(6)39)22(4)30-27(44-23(5)38)15-34(8)28-10-9-25-21(3)26(40)11-12-35(25)18-36(28,35)14-13-33(30,34)7/h11-12,19,21-22,25,27-28,30,32H,2,9-10,13-18,37H2,1,3-8H3/t19-,21-,22-,25?,27-,28-,30-,32+,33+,34-,35+,36-/m0/s1. The van der Waals surface area contributed by atoms with Gasteiger partial charge in [0.2, 0.25) is 0 Å². The predicted octanol–water partition coefficient (Wildman–Crippen LogP) is 4.75. The van der Waals surface area contributed by atoms with Gasteiger partial charge >= 0.3 is 17.9 Å². The van der Waals surface area contributed by atoms with Crippen LogP contribution >= 0.6 is 0 Å². The first kappa shape index (κ1) is 33.6. The number of carbonyl (C=O) groups is 5. The van der Waals surface area contributed by atoms with Crippen LogP contribution in [0.2, 0.25) is 0 Å². The highest BCUT2D eigenvalue weighted by molar-refractivity contribution is 6.00.